The lowest BCUT2D eigenvalue weighted by atomic mass is 9.91. The summed E-state index contributed by atoms with van der Waals surface area (Å²) in [7, 11) is 0. The van der Waals surface area contributed by atoms with E-state index in [9.17, 15) is 19.5 Å². The number of carbonyl (C=O) groups is 3. The average Bonchev–Trinajstić information content (AvgIpc) is 3.04. The zero-order chi connectivity index (χ0) is 21.5. The van der Waals surface area contributed by atoms with Crippen LogP contribution in [0.5, 0.6) is 5.75 Å². The molecule has 1 heterocycles. The van der Waals surface area contributed by atoms with Gasteiger partial charge in [0.25, 0.3) is 0 Å². The van der Waals surface area contributed by atoms with Crippen LogP contribution in [0.2, 0.25) is 0 Å². The standard InChI is InChI=1S/C25H29NO4/c1-2-3-4-5-6-7-8-17-22(28)26-20-15-11-9-13-18(20)23(25(26)30)24(29)19-14-10-12-16-21(19)27/h9-16,23,27H,2-8,17H2,1H3. The van der Waals surface area contributed by atoms with Crippen molar-refractivity contribution in [2.45, 2.75) is 64.2 Å². The van der Waals surface area contributed by atoms with Crippen LogP contribution in [0.25, 0.3) is 0 Å². The highest BCUT2D eigenvalue weighted by molar-refractivity contribution is 6.30. The highest BCUT2D eigenvalue weighted by atomic mass is 16.3. The van der Waals surface area contributed by atoms with Crippen LogP contribution in [0.1, 0.15) is 80.1 Å². The SMILES string of the molecule is CCCCCCCCCC(=O)N1C(=O)C(C(=O)c2ccccc2O)c2ccccc21. The maximum absolute atomic E-state index is 13.1. The summed E-state index contributed by atoms with van der Waals surface area (Å²) in [5.74, 6) is -2.56. The molecule has 2 amide bonds. The van der Waals surface area contributed by atoms with Gasteiger partial charge in [-0.15, -0.1) is 0 Å². The number of rotatable bonds is 10. The number of aromatic hydroxyl groups is 1. The van der Waals surface area contributed by atoms with Crippen molar-refractivity contribution in [3.8, 4) is 5.75 Å². The number of nitrogens with zero attached hydrogens (tertiary/aromatic N) is 1. The van der Waals surface area contributed by atoms with Gasteiger partial charge in [-0.25, -0.2) is 4.90 Å². The van der Waals surface area contributed by atoms with Crippen molar-refractivity contribution in [2.24, 2.45) is 0 Å². The summed E-state index contributed by atoms with van der Waals surface area (Å²) in [6.45, 7) is 2.18. The van der Waals surface area contributed by atoms with E-state index in [4.69, 9.17) is 0 Å². The summed E-state index contributed by atoms with van der Waals surface area (Å²) in [6, 6.07) is 13.1. The molecule has 0 radical (unpaired) electrons. The molecule has 2 aromatic rings. The second kappa shape index (κ2) is 10.2. The molecule has 158 valence electrons. The van der Waals surface area contributed by atoms with Crippen molar-refractivity contribution in [1.29, 1.82) is 0 Å². The van der Waals surface area contributed by atoms with E-state index in [-0.39, 0.29) is 23.6 Å². The Morgan fingerprint density at radius 1 is 0.900 bits per heavy atom. The predicted molar refractivity (Wildman–Crippen MR) is 117 cm³/mol. The summed E-state index contributed by atoms with van der Waals surface area (Å²) in [4.78, 5) is 40.2. The van der Waals surface area contributed by atoms with E-state index in [0.717, 1.165) is 24.2 Å². The number of anilines is 1. The number of phenolic OH excluding ortho intramolecular Hbond substituents is 1. The first kappa shape index (κ1) is 21.8. The third-order valence-electron chi connectivity index (χ3n) is 5.63. The van der Waals surface area contributed by atoms with E-state index >= 15 is 0 Å². The van der Waals surface area contributed by atoms with Crippen LogP contribution in [-0.4, -0.2) is 22.7 Å². The van der Waals surface area contributed by atoms with Crippen molar-refractivity contribution in [2.75, 3.05) is 4.90 Å². The number of para-hydroxylation sites is 2. The minimum Gasteiger partial charge on any atom is -0.507 e. The molecule has 3 rings (SSSR count). The summed E-state index contributed by atoms with van der Waals surface area (Å²) < 4.78 is 0. The smallest absolute Gasteiger partial charge is 0.249 e. The monoisotopic (exact) mass is 407 g/mol. The van der Waals surface area contributed by atoms with Crippen LogP contribution >= 0.6 is 0 Å². The molecule has 30 heavy (non-hydrogen) atoms. The molecular weight excluding hydrogens is 378 g/mol. The predicted octanol–water partition coefficient (Wildman–Crippen LogP) is 5.37. The molecule has 2 aromatic carbocycles. The topological polar surface area (TPSA) is 74.7 Å². The lowest BCUT2D eigenvalue weighted by Gasteiger charge is -2.16. The summed E-state index contributed by atoms with van der Waals surface area (Å²) in [5, 5.41) is 10.1. The Bertz CT molecular complexity index is 921. The highest BCUT2D eigenvalue weighted by Gasteiger charge is 2.44. The summed E-state index contributed by atoms with van der Waals surface area (Å²) in [5.41, 5.74) is 1.08. The summed E-state index contributed by atoms with van der Waals surface area (Å²) >= 11 is 0. The number of phenols is 1. The Hall–Kier alpha value is -2.95. The van der Waals surface area contributed by atoms with E-state index < -0.39 is 17.6 Å². The lowest BCUT2D eigenvalue weighted by molar-refractivity contribution is -0.126. The van der Waals surface area contributed by atoms with Gasteiger partial charge in [0.05, 0.1) is 11.3 Å². The Labute approximate surface area is 177 Å². The van der Waals surface area contributed by atoms with Crippen LogP contribution in [0.4, 0.5) is 5.69 Å². The lowest BCUT2D eigenvalue weighted by Crippen LogP contribution is -2.36. The number of ketones is 1. The molecule has 0 aromatic heterocycles. The van der Waals surface area contributed by atoms with Gasteiger partial charge in [0.2, 0.25) is 11.8 Å². The molecule has 1 atom stereocenters. The molecule has 1 aliphatic rings. The number of hydrogen-bond donors (Lipinski definition) is 1. The first-order valence-electron chi connectivity index (χ1n) is 10.8. The van der Waals surface area contributed by atoms with Crippen LogP contribution in [0.3, 0.4) is 0 Å². The Kier molecular flexibility index (Phi) is 7.39. The molecular formula is C25H29NO4. The second-order valence-electron chi connectivity index (χ2n) is 7.81. The number of imide groups is 1. The Morgan fingerprint density at radius 2 is 1.53 bits per heavy atom. The first-order valence-corrected chi connectivity index (χ1v) is 10.8. The quantitative estimate of drug-likeness (QED) is 0.326. The van der Waals surface area contributed by atoms with Crippen molar-refractivity contribution in [3.63, 3.8) is 0 Å². The van der Waals surface area contributed by atoms with Gasteiger partial charge in [-0.2, -0.15) is 0 Å². The van der Waals surface area contributed by atoms with Crippen LogP contribution in [-0.2, 0) is 9.59 Å². The Morgan fingerprint density at radius 3 is 2.27 bits per heavy atom. The van der Waals surface area contributed by atoms with E-state index in [2.05, 4.69) is 6.92 Å². The Balaban J connectivity index is 1.71. The molecule has 1 aliphatic heterocycles. The minimum atomic E-state index is -1.10. The minimum absolute atomic E-state index is 0.0898. The van der Waals surface area contributed by atoms with Crippen molar-refractivity contribution >= 4 is 23.3 Å². The highest BCUT2D eigenvalue weighted by Crippen LogP contribution is 2.40. The third kappa shape index (κ3) is 4.61. The van der Waals surface area contributed by atoms with E-state index in [1.165, 1.54) is 37.8 Å². The van der Waals surface area contributed by atoms with E-state index in [1.54, 1.807) is 36.4 Å². The number of amides is 2. The molecule has 0 fully saturated rings. The molecule has 0 aliphatic carbocycles. The largest absolute Gasteiger partial charge is 0.507 e. The maximum atomic E-state index is 13.1. The zero-order valence-electron chi connectivity index (χ0n) is 17.5. The van der Waals surface area contributed by atoms with Gasteiger partial charge in [-0.05, 0) is 30.2 Å². The van der Waals surface area contributed by atoms with Crippen molar-refractivity contribution < 1.29 is 19.5 Å². The molecule has 0 saturated carbocycles. The molecule has 0 bridgehead atoms. The van der Waals surface area contributed by atoms with Gasteiger partial charge >= 0.3 is 0 Å². The van der Waals surface area contributed by atoms with Crippen molar-refractivity contribution in [3.05, 3.63) is 59.7 Å². The molecule has 1 unspecified atom stereocenters. The van der Waals surface area contributed by atoms with Gasteiger partial charge in [0.15, 0.2) is 5.78 Å². The fourth-order valence-electron chi connectivity index (χ4n) is 4.01. The number of Topliss-reactive ketones (excluding diaryl/α,β-unsaturated/α-hetero) is 1. The molecule has 0 saturated heterocycles. The summed E-state index contributed by atoms with van der Waals surface area (Å²) in [6.07, 6.45) is 7.90. The van der Waals surface area contributed by atoms with Gasteiger partial charge in [0.1, 0.15) is 11.7 Å². The molecule has 5 heteroatoms. The maximum Gasteiger partial charge on any atom is 0.249 e. The zero-order valence-corrected chi connectivity index (χ0v) is 17.5. The number of carbonyl (C=O) groups excluding carboxylic acids is 3. The fraction of sp³-hybridized carbons (Fsp3) is 0.400. The van der Waals surface area contributed by atoms with E-state index in [1.807, 2.05) is 0 Å². The van der Waals surface area contributed by atoms with Gasteiger partial charge in [0, 0.05) is 6.42 Å². The van der Waals surface area contributed by atoms with Gasteiger partial charge < -0.3 is 5.11 Å². The molecule has 0 spiro atoms. The van der Waals surface area contributed by atoms with Crippen LogP contribution in [0, 0.1) is 0 Å². The van der Waals surface area contributed by atoms with Gasteiger partial charge in [-0.1, -0.05) is 75.8 Å². The van der Waals surface area contributed by atoms with Crippen molar-refractivity contribution in [1.82, 2.24) is 0 Å². The fourth-order valence-corrected chi connectivity index (χ4v) is 4.01. The first-order chi connectivity index (χ1) is 14.6. The van der Waals surface area contributed by atoms with Gasteiger partial charge in [-0.3, -0.25) is 14.4 Å². The number of unbranched alkanes of at least 4 members (excludes halogenated alkanes) is 6. The second-order valence-corrected chi connectivity index (χ2v) is 7.81. The number of hydrogen-bond acceptors (Lipinski definition) is 4. The normalized spacial score (nSPS) is 15.3. The van der Waals surface area contributed by atoms with E-state index in [0.29, 0.717) is 11.3 Å². The molecule has 5 nitrogen and oxygen atoms in total. The number of fused-ring (bicyclic) bond motifs is 1. The average molecular weight is 408 g/mol. The number of benzene rings is 2. The molecule has 1 N–H and O–H groups in total. The van der Waals surface area contributed by atoms with Crippen LogP contribution < -0.4 is 4.90 Å². The van der Waals surface area contributed by atoms with Crippen LogP contribution in [0.15, 0.2) is 48.5 Å². The third-order valence-corrected chi connectivity index (χ3v) is 5.63.